The molecule has 1 saturated heterocycles. The van der Waals surface area contributed by atoms with Crippen molar-refractivity contribution in [2.24, 2.45) is 5.92 Å². The average molecular weight is 312 g/mol. The van der Waals surface area contributed by atoms with Crippen LogP contribution >= 0.6 is 0 Å². The summed E-state index contributed by atoms with van der Waals surface area (Å²) in [5.74, 6) is 0.625. The Kier molecular flexibility index (Phi) is 4.75. The molecule has 3 N–H and O–H groups in total. The number of anilines is 2. The van der Waals surface area contributed by atoms with Crippen molar-refractivity contribution in [1.82, 2.24) is 9.62 Å². The lowest BCUT2D eigenvalue weighted by Gasteiger charge is -2.24. The molecule has 0 amide bonds. The van der Waals surface area contributed by atoms with E-state index in [1.807, 2.05) is 7.05 Å². The molecule has 0 spiro atoms. The van der Waals surface area contributed by atoms with Gasteiger partial charge in [-0.2, -0.15) is 0 Å². The van der Waals surface area contributed by atoms with Crippen LogP contribution in [0.15, 0.2) is 23.1 Å². The first-order valence-electron chi connectivity index (χ1n) is 7.06. The van der Waals surface area contributed by atoms with Gasteiger partial charge in [0.1, 0.15) is 0 Å². The SMILES string of the molecule is CNS(=O)(=O)c1ccc(N(C)CC2CCN(C)C2)c(N)c1. The van der Waals surface area contributed by atoms with E-state index in [0.29, 0.717) is 11.6 Å². The molecule has 0 saturated carbocycles. The van der Waals surface area contributed by atoms with Gasteiger partial charge in [-0.15, -0.1) is 0 Å². The second kappa shape index (κ2) is 6.21. The fourth-order valence-electron chi connectivity index (χ4n) is 2.83. The van der Waals surface area contributed by atoms with Crippen molar-refractivity contribution in [2.45, 2.75) is 11.3 Å². The third-order valence-electron chi connectivity index (χ3n) is 4.01. The molecule has 1 aliphatic rings. The highest BCUT2D eigenvalue weighted by Gasteiger charge is 2.22. The van der Waals surface area contributed by atoms with Gasteiger partial charge in [-0.05, 0) is 51.2 Å². The highest BCUT2D eigenvalue weighted by atomic mass is 32.2. The number of nitrogens with zero attached hydrogens (tertiary/aromatic N) is 2. The fraction of sp³-hybridized carbons (Fsp3) is 0.571. The summed E-state index contributed by atoms with van der Waals surface area (Å²) in [5, 5.41) is 0. The van der Waals surface area contributed by atoms with Gasteiger partial charge in [0.2, 0.25) is 10.0 Å². The summed E-state index contributed by atoms with van der Waals surface area (Å²) < 4.78 is 25.8. The summed E-state index contributed by atoms with van der Waals surface area (Å²) in [5.41, 5.74) is 7.39. The van der Waals surface area contributed by atoms with Gasteiger partial charge in [-0.1, -0.05) is 0 Å². The summed E-state index contributed by atoms with van der Waals surface area (Å²) in [7, 11) is 2.07. The zero-order chi connectivity index (χ0) is 15.6. The van der Waals surface area contributed by atoms with Crippen LogP contribution in [0.25, 0.3) is 0 Å². The van der Waals surface area contributed by atoms with Crippen LogP contribution in [0.1, 0.15) is 6.42 Å². The zero-order valence-electron chi connectivity index (χ0n) is 12.8. The number of nitrogen functional groups attached to an aromatic ring is 1. The van der Waals surface area contributed by atoms with Crippen LogP contribution < -0.4 is 15.4 Å². The Morgan fingerprint density at radius 3 is 2.71 bits per heavy atom. The number of rotatable bonds is 5. The number of likely N-dealkylation sites (tertiary alicyclic amines) is 1. The summed E-state index contributed by atoms with van der Waals surface area (Å²) in [6.07, 6.45) is 1.19. The van der Waals surface area contributed by atoms with Crippen LogP contribution in [0.4, 0.5) is 11.4 Å². The molecule has 7 heteroatoms. The van der Waals surface area contributed by atoms with E-state index in [-0.39, 0.29) is 4.90 Å². The van der Waals surface area contributed by atoms with Crippen molar-refractivity contribution in [1.29, 1.82) is 0 Å². The van der Waals surface area contributed by atoms with E-state index in [4.69, 9.17) is 5.73 Å². The summed E-state index contributed by atoms with van der Waals surface area (Å²) in [6.45, 7) is 3.15. The van der Waals surface area contributed by atoms with E-state index in [9.17, 15) is 8.42 Å². The standard InChI is InChI=1S/C14H24N4O2S/c1-16-21(19,20)12-4-5-14(13(15)8-12)18(3)10-11-6-7-17(2)9-11/h4-5,8,11,16H,6-7,9-10,15H2,1-3H3. The Labute approximate surface area is 127 Å². The van der Waals surface area contributed by atoms with Crippen LogP contribution in [0.5, 0.6) is 0 Å². The predicted molar refractivity (Wildman–Crippen MR) is 86.0 cm³/mol. The molecule has 118 valence electrons. The van der Waals surface area contributed by atoms with Crippen molar-refractivity contribution in [3.8, 4) is 0 Å². The second-order valence-electron chi connectivity index (χ2n) is 5.73. The normalized spacial score (nSPS) is 19.9. The molecule has 0 aliphatic carbocycles. The first kappa shape index (κ1) is 16.1. The fourth-order valence-corrected chi connectivity index (χ4v) is 3.59. The van der Waals surface area contributed by atoms with Crippen molar-refractivity contribution in [3.05, 3.63) is 18.2 Å². The Morgan fingerprint density at radius 1 is 1.48 bits per heavy atom. The Hall–Kier alpha value is -1.31. The highest BCUT2D eigenvalue weighted by molar-refractivity contribution is 7.89. The van der Waals surface area contributed by atoms with Crippen LogP contribution in [-0.4, -0.2) is 54.1 Å². The molecule has 1 fully saturated rings. The van der Waals surface area contributed by atoms with E-state index in [0.717, 1.165) is 25.3 Å². The molecule has 0 radical (unpaired) electrons. The predicted octanol–water partition coefficient (Wildman–Crippen LogP) is 0.565. The lowest BCUT2D eigenvalue weighted by Crippen LogP contribution is -2.28. The maximum atomic E-state index is 11.8. The molecule has 1 aromatic rings. The Morgan fingerprint density at radius 2 is 2.19 bits per heavy atom. The van der Waals surface area contributed by atoms with Crippen LogP contribution in [0, 0.1) is 5.92 Å². The van der Waals surface area contributed by atoms with Gasteiger partial charge in [0, 0.05) is 20.1 Å². The molecule has 1 heterocycles. The summed E-state index contributed by atoms with van der Waals surface area (Å²) in [6, 6.07) is 4.88. The van der Waals surface area contributed by atoms with Gasteiger partial charge >= 0.3 is 0 Å². The van der Waals surface area contributed by atoms with E-state index in [1.165, 1.54) is 19.5 Å². The maximum Gasteiger partial charge on any atom is 0.240 e. The van der Waals surface area contributed by atoms with E-state index >= 15 is 0 Å². The minimum absolute atomic E-state index is 0.195. The smallest absolute Gasteiger partial charge is 0.240 e. The van der Waals surface area contributed by atoms with E-state index in [2.05, 4.69) is 21.6 Å². The molecule has 6 nitrogen and oxygen atoms in total. The van der Waals surface area contributed by atoms with Crippen LogP contribution in [-0.2, 0) is 10.0 Å². The molecule has 1 unspecified atom stereocenters. The molecular weight excluding hydrogens is 288 g/mol. The van der Waals surface area contributed by atoms with Gasteiger partial charge in [0.05, 0.1) is 16.3 Å². The number of nitrogens with two attached hydrogens (primary N) is 1. The minimum Gasteiger partial charge on any atom is -0.397 e. The van der Waals surface area contributed by atoms with Crippen molar-refractivity contribution < 1.29 is 8.42 Å². The number of nitrogens with one attached hydrogen (secondary N) is 1. The highest BCUT2D eigenvalue weighted by Crippen LogP contribution is 2.27. The molecule has 0 bridgehead atoms. The van der Waals surface area contributed by atoms with Crippen molar-refractivity contribution >= 4 is 21.4 Å². The third kappa shape index (κ3) is 3.66. The van der Waals surface area contributed by atoms with Gasteiger partial charge in [-0.3, -0.25) is 0 Å². The maximum absolute atomic E-state index is 11.8. The molecule has 1 aliphatic heterocycles. The van der Waals surface area contributed by atoms with E-state index < -0.39 is 10.0 Å². The quantitative estimate of drug-likeness (QED) is 0.777. The largest absolute Gasteiger partial charge is 0.397 e. The number of hydrogen-bond acceptors (Lipinski definition) is 5. The molecule has 1 aromatic carbocycles. The molecule has 0 aromatic heterocycles. The van der Waals surface area contributed by atoms with Gasteiger partial charge in [-0.25, -0.2) is 13.1 Å². The molecule has 1 atom stereocenters. The van der Waals surface area contributed by atoms with Crippen LogP contribution in [0.2, 0.25) is 0 Å². The molecular formula is C14H24N4O2S. The topological polar surface area (TPSA) is 78.7 Å². The minimum atomic E-state index is -3.45. The second-order valence-corrected chi connectivity index (χ2v) is 7.61. The molecule has 2 rings (SSSR count). The average Bonchev–Trinajstić information content (AvgIpc) is 2.83. The lowest BCUT2D eigenvalue weighted by atomic mass is 10.1. The zero-order valence-corrected chi connectivity index (χ0v) is 13.7. The summed E-state index contributed by atoms with van der Waals surface area (Å²) in [4.78, 5) is 4.62. The number of benzene rings is 1. The molecule has 21 heavy (non-hydrogen) atoms. The van der Waals surface area contributed by atoms with Crippen molar-refractivity contribution in [2.75, 3.05) is 51.4 Å². The van der Waals surface area contributed by atoms with Gasteiger partial charge in [0.25, 0.3) is 0 Å². The van der Waals surface area contributed by atoms with Gasteiger partial charge in [0.15, 0.2) is 0 Å². The monoisotopic (exact) mass is 312 g/mol. The summed E-state index contributed by atoms with van der Waals surface area (Å²) >= 11 is 0. The first-order valence-corrected chi connectivity index (χ1v) is 8.54. The van der Waals surface area contributed by atoms with Gasteiger partial charge < -0.3 is 15.5 Å². The van der Waals surface area contributed by atoms with Crippen molar-refractivity contribution in [3.63, 3.8) is 0 Å². The Balaban J connectivity index is 2.13. The Bertz CT molecular complexity index is 603. The number of hydrogen-bond donors (Lipinski definition) is 2. The lowest BCUT2D eigenvalue weighted by molar-refractivity contribution is 0.396. The third-order valence-corrected chi connectivity index (χ3v) is 5.42. The van der Waals surface area contributed by atoms with Crippen LogP contribution in [0.3, 0.4) is 0 Å². The van der Waals surface area contributed by atoms with E-state index in [1.54, 1.807) is 12.1 Å². The number of sulfonamides is 1. The first-order chi connectivity index (χ1) is 9.83.